The molecule has 8 nitrogen and oxygen atoms in total. The minimum atomic E-state index is -0.693. The zero-order valence-corrected chi connectivity index (χ0v) is 16.6. The summed E-state index contributed by atoms with van der Waals surface area (Å²) in [4.78, 5) is 59.7. The standard InChI is InChI=1S/C19H31N3O5/c1-12(2)17(18(26)20-14(4)11-23)21-15(24)8-6-5-7-9-22-16(25)10-13(3)19(22)27/h11-14,17H,5-10H2,1-4H3,(H,20,26)(H,21,24)/t13?,14-,17-/m0/s1. The molecule has 0 aromatic carbocycles. The number of carbonyl (C=O) groups is 5. The molecule has 8 heteroatoms. The van der Waals surface area contributed by atoms with Crippen molar-refractivity contribution in [2.24, 2.45) is 11.8 Å². The van der Waals surface area contributed by atoms with Crippen molar-refractivity contribution in [1.29, 1.82) is 0 Å². The third kappa shape index (κ3) is 7.11. The van der Waals surface area contributed by atoms with Crippen LogP contribution >= 0.6 is 0 Å². The summed E-state index contributed by atoms with van der Waals surface area (Å²) in [7, 11) is 0. The number of imide groups is 1. The quantitative estimate of drug-likeness (QED) is 0.312. The van der Waals surface area contributed by atoms with Gasteiger partial charge in [-0.15, -0.1) is 0 Å². The largest absolute Gasteiger partial charge is 0.345 e. The van der Waals surface area contributed by atoms with Crippen LogP contribution in [0.3, 0.4) is 0 Å². The number of aldehydes is 1. The van der Waals surface area contributed by atoms with Gasteiger partial charge < -0.3 is 15.4 Å². The lowest BCUT2D eigenvalue weighted by molar-refractivity contribution is -0.139. The second-order valence-electron chi connectivity index (χ2n) is 7.52. The molecule has 0 spiro atoms. The Bertz CT molecular complexity index is 576. The molecule has 3 atom stereocenters. The molecule has 0 bridgehead atoms. The Morgan fingerprint density at radius 1 is 1.15 bits per heavy atom. The zero-order valence-electron chi connectivity index (χ0n) is 16.6. The molecular formula is C19H31N3O5. The minimum Gasteiger partial charge on any atom is -0.345 e. The first kappa shape index (κ1) is 22.8. The van der Waals surface area contributed by atoms with E-state index in [0.717, 1.165) is 0 Å². The monoisotopic (exact) mass is 381 g/mol. The molecule has 1 saturated heterocycles. The maximum absolute atomic E-state index is 12.1. The number of hydrogen-bond acceptors (Lipinski definition) is 5. The van der Waals surface area contributed by atoms with Crippen molar-refractivity contribution in [3.63, 3.8) is 0 Å². The van der Waals surface area contributed by atoms with Gasteiger partial charge in [0.1, 0.15) is 12.3 Å². The van der Waals surface area contributed by atoms with Gasteiger partial charge in [0.05, 0.1) is 6.04 Å². The molecule has 1 rings (SSSR count). The minimum absolute atomic E-state index is 0.109. The van der Waals surface area contributed by atoms with Crippen LogP contribution in [-0.4, -0.2) is 53.4 Å². The molecule has 1 aliphatic heterocycles. The number of carbonyl (C=O) groups excluding carboxylic acids is 5. The van der Waals surface area contributed by atoms with Crippen molar-refractivity contribution < 1.29 is 24.0 Å². The van der Waals surface area contributed by atoms with Gasteiger partial charge in [0.2, 0.25) is 23.6 Å². The van der Waals surface area contributed by atoms with Crippen LogP contribution < -0.4 is 10.6 Å². The van der Waals surface area contributed by atoms with Gasteiger partial charge in [0.25, 0.3) is 0 Å². The van der Waals surface area contributed by atoms with E-state index in [0.29, 0.717) is 32.1 Å². The van der Waals surface area contributed by atoms with Crippen LogP contribution in [0.15, 0.2) is 0 Å². The third-order valence-electron chi connectivity index (χ3n) is 4.59. The van der Waals surface area contributed by atoms with Gasteiger partial charge in [-0.25, -0.2) is 0 Å². The molecule has 0 saturated carbocycles. The Hall–Kier alpha value is -2.25. The fourth-order valence-corrected chi connectivity index (χ4v) is 2.94. The smallest absolute Gasteiger partial charge is 0.243 e. The van der Waals surface area contributed by atoms with Crippen LogP contribution in [-0.2, 0) is 24.0 Å². The molecule has 2 N–H and O–H groups in total. The van der Waals surface area contributed by atoms with Crippen molar-refractivity contribution in [2.45, 2.75) is 71.9 Å². The van der Waals surface area contributed by atoms with Crippen molar-refractivity contribution in [3.05, 3.63) is 0 Å². The van der Waals surface area contributed by atoms with E-state index in [1.807, 2.05) is 13.8 Å². The SMILES string of the molecule is CC1CC(=O)N(CCCCCC(=O)N[C@H](C(=O)N[C@@H](C)C=O)C(C)C)C1=O. The summed E-state index contributed by atoms with van der Waals surface area (Å²) >= 11 is 0. The van der Waals surface area contributed by atoms with Gasteiger partial charge in [0.15, 0.2) is 0 Å². The average molecular weight is 381 g/mol. The van der Waals surface area contributed by atoms with Crippen LogP contribution in [0.1, 0.15) is 59.8 Å². The predicted molar refractivity (Wildman–Crippen MR) is 99.4 cm³/mol. The van der Waals surface area contributed by atoms with Crippen molar-refractivity contribution in [1.82, 2.24) is 15.5 Å². The maximum atomic E-state index is 12.1. The van der Waals surface area contributed by atoms with E-state index in [1.54, 1.807) is 13.8 Å². The fraction of sp³-hybridized carbons (Fsp3) is 0.737. The first-order chi connectivity index (χ1) is 12.7. The lowest BCUT2D eigenvalue weighted by Crippen LogP contribution is -2.51. The van der Waals surface area contributed by atoms with Crippen LogP contribution in [0.25, 0.3) is 0 Å². The van der Waals surface area contributed by atoms with Crippen LogP contribution in [0, 0.1) is 11.8 Å². The Labute approximate surface area is 160 Å². The highest BCUT2D eigenvalue weighted by molar-refractivity contribution is 6.03. The average Bonchev–Trinajstić information content (AvgIpc) is 2.84. The molecule has 0 aromatic heterocycles. The number of rotatable bonds is 11. The summed E-state index contributed by atoms with van der Waals surface area (Å²) in [5, 5.41) is 5.26. The van der Waals surface area contributed by atoms with E-state index in [9.17, 15) is 24.0 Å². The molecule has 0 aromatic rings. The van der Waals surface area contributed by atoms with Crippen molar-refractivity contribution >= 4 is 29.9 Å². The molecule has 27 heavy (non-hydrogen) atoms. The van der Waals surface area contributed by atoms with E-state index in [1.165, 1.54) is 4.90 Å². The topological polar surface area (TPSA) is 113 Å². The first-order valence-electron chi connectivity index (χ1n) is 9.56. The Kier molecular flexibility index (Phi) is 9.11. The van der Waals surface area contributed by atoms with Crippen LogP contribution in [0.2, 0.25) is 0 Å². The van der Waals surface area contributed by atoms with Crippen LogP contribution in [0.4, 0.5) is 0 Å². The molecule has 1 fully saturated rings. The van der Waals surface area contributed by atoms with Gasteiger partial charge in [-0.05, 0) is 25.7 Å². The summed E-state index contributed by atoms with van der Waals surface area (Å²) in [6.07, 6.45) is 3.14. The highest BCUT2D eigenvalue weighted by atomic mass is 16.2. The molecule has 4 amide bonds. The van der Waals surface area contributed by atoms with Gasteiger partial charge >= 0.3 is 0 Å². The number of unbranched alkanes of at least 4 members (excludes halogenated alkanes) is 2. The lowest BCUT2D eigenvalue weighted by atomic mass is 10.0. The molecule has 152 valence electrons. The normalized spacial score (nSPS) is 19.1. The third-order valence-corrected chi connectivity index (χ3v) is 4.59. The summed E-state index contributed by atoms with van der Waals surface area (Å²) in [5.41, 5.74) is 0. The van der Waals surface area contributed by atoms with Gasteiger partial charge in [0, 0.05) is 25.3 Å². The molecule has 1 heterocycles. The number of amides is 4. The zero-order chi connectivity index (χ0) is 20.6. The molecule has 0 aliphatic carbocycles. The van der Waals surface area contributed by atoms with Gasteiger partial charge in [-0.1, -0.05) is 27.2 Å². The first-order valence-corrected chi connectivity index (χ1v) is 9.56. The fourth-order valence-electron chi connectivity index (χ4n) is 2.94. The maximum Gasteiger partial charge on any atom is 0.243 e. The second kappa shape index (κ2) is 10.8. The Morgan fingerprint density at radius 3 is 2.33 bits per heavy atom. The summed E-state index contributed by atoms with van der Waals surface area (Å²) in [5.74, 6) is -1.19. The van der Waals surface area contributed by atoms with E-state index in [-0.39, 0.29) is 48.3 Å². The van der Waals surface area contributed by atoms with E-state index in [2.05, 4.69) is 10.6 Å². The second-order valence-corrected chi connectivity index (χ2v) is 7.52. The molecule has 1 aliphatic rings. The Balaban J connectivity index is 2.32. The summed E-state index contributed by atoms with van der Waals surface area (Å²) in [6, 6.07) is -1.30. The number of nitrogens with one attached hydrogen (secondary N) is 2. The summed E-state index contributed by atoms with van der Waals surface area (Å²) in [6.45, 7) is 7.36. The molecular weight excluding hydrogens is 350 g/mol. The molecule has 0 radical (unpaired) electrons. The Morgan fingerprint density at radius 2 is 1.81 bits per heavy atom. The van der Waals surface area contributed by atoms with Crippen molar-refractivity contribution in [2.75, 3.05) is 6.54 Å². The number of nitrogens with zero attached hydrogens (tertiary/aromatic N) is 1. The van der Waals surface area contributed by atoms with E-state index in [4.69, 9.17) is 0 Å². The number of hydrogen-bond donors (Lipinski definition) is 2. The highest BCUT2D eigenvalue weighted by Crippen LogP contribution is 2.19. The van der Waals surface area contributed by atoms with Crippen LogP contribution in [0.5, 0.6) is 0 Å². The lowest BCUT2D eigenvalue weighted by Gasteiger charge is -2.22. The molecule has 1 unspecified atom stereocenters. The van der Waals surface area contributed by atoms with Gasteiger partial charge in [-0.3, -0.25) is 24.1 Å². The van der Waals surface area contributed by atoms with Crippen molar-refractivity contribution in [3.8, 4) is 0 Å². The summed E-state index contributed by atoms with van der Waals surface area (Å²) < 4.78 is 0. The number of likely N-dealkylation sites (tertiary alicyclic amines) is 1. The van der Waals surface area contributed by atoms with Gasteiger partial charge in [-0.2, -0.15) is 0 Å². The highest BCUT2D eigenvalue weighted by Gasteiger charge is 2.34. The van der Waals surface area contributed by atoms with E-state index < -0.39 is 12.1 Å². The predicted octanol–water partition coefficient (Wildman–Crippen LogP) is 0.786. The van der Waals surface area contributed by atoms with E-state index >= 15 is 0 Å².